The summed E-state index contributed by atoms with van der Waals surface area (Å²) in [5.74, 6) is 0. The van der Waals surface area contributed by atoms with Gasteiger partial charge in [0.2, 0.25) is 0 Å². The molecule has 0 aromatic heterocycles. The van der Waals surface area contributed by atoms with Crippen LogP contribution in [-0.2, 0) is 11.2 Å². The maximum absolute atomic E-state index is 12.2. The van der Waals surface area contributed by atoms with Crippen LogP contribution in [0.25, 0.3) is 0 Å². The van der Waals surface area contributed by atoms with Gasteiger partial charge in [-0.2, -0.15) is 0 Å². The molecular weight excluding hydrogens is 254 g/mol. The Morgan fingerprint density at radius 3 is 2.60 bits per heavy atom. The van der Waals surface area contributed by atoms with Crippen molar-refractivity contribution < 1.29 is 14.6 Å². The molecule has 1 aliphatic heterocycles. The summed E-state index contributed by atoms with van der Waals surface area (Å²) in [5, 5.41) is 10.1. The number of carbonyl (C=O) groups is 1. The Morgan fingerprint density at radius 2 is 2.00 bits per heavy atom. The molecule has 1 aromatic rings. The van der Waals surface area contributed by atoms with Crippen molar-refractivity contribution in [3.63, 3.8) is 0 Å². The van der Waals surface area contributed by atoms with Crippen molar-refractivity contribution >= 4 is 6.09 Å². The number of rotatable bonds is 2. The van der Waals surface area contributed by atoms with E-state index in [0.717, 1.165) is 5.56 Å². The third-order valence-corrected chi connectivity index (χ3v) is 3.43. The summed E-state index contributed by atoms with van der Waals surface area (Å²) in [7, 11) is 0. The van der Waals surface area contributed by atoms with Crippen LogP contribution < -0.4 is 0 Å². The zero-order valence-electron chi connectivity index (χ0n) is 12.4. The number of hydrogen-bond donors (Lipinski definition) is 1. The highest BCUT2D eigenvalue weighted by molar-refractivity contribution is 5.69. The van der Waals surface area contributed by atoms with Crippen LogP contribution >= 0.6 is 0 Å². The van der Waals surface area contributed by atoms with Crippen LogP contribution in [0.2, 0.25) is 0 Å². The molecule has 110 valence electrons. The monoisotopic (exact) mass is 277 g/mol. The number of benzene rings is 1. The van der Waals surface area contributed by atoms with Crippen molar-refractivity contribution in [3.05, 3.63) is 35.9 Å². The van der Waals surface area contributed by atoms with E-state index in [9.17, 15) is 9.90 Å². The lowest BCUT2D eigenvalue weighted by atomic mass is 10.0. The molecule has 0 bridgehead atoms. The van der Waals surface area contributed by atoms with Crippen molar-refractivity contribution in [1.82, 2.24) is 4.90 Å². The van der Waals surface area contributed by atoms with Crippen molar-refractivity contribution in [2.75, 3.05) is 6.54 Å². The molecule has 0 spiro atoms. The van der Waals surface area contributed by atoms with Gasteiger partial charge in [-0.3, -0.25) is 0 Å². The van der Waals surface area contributed by atoms with E-state index in [1.807, 2.05) is 51.1 Å². The first-order valence-electron chi connectivity index (χ1n) is 7.08. The summed E-state index contributed by atoms with van der Waals surface area (Å²) in [6.45, 7) is 6.10. The topological polar surface area (TPSA) is 49.8 Å². The summed E-state index contributed by atoms with van der Waals surface area (Å²) in [6, 6.07) is 9.71. The van der Waals surface area contributed by atoms with E-state index in [1.165, 1.54) is 0 Å². The van der Waals surface area contributed by atoms with Gasteiger partial charge in [0.15, 0.2) is 0 Å². The first-order valence-corrected chi connectivity index (χ1v) is 7.08. The minimum Gasteiger partial charge on any atom is -0.444 e. The molecule has 1 heterocycles. The quantitative estimate of drug-likeness (QED) is 0.904. The number of aliphatic hydroxyl groups is 1. The molecule has 0 saturated carbocycles. The maximum atomic E-state index is 12.2. The first-order chi connectivity index (χ1) is 9.37. The van der Waals surface area contributed by atoms with Crippen molar-refractivity contribution in [1.29, 1.82) is 0 Å². The van der Waals surface area contributed by atoms with Gasteiger partial charge in [0.05, 0.1) is 12.1 Å². The standard InChI is InChI=1S/C16H23NO3/c1-16(2,3)20-15(19)17-10-9-14(18)13(17)11-12-7-5-4-6-8-12/h4-8,13-14,18H,9-11H2,1-3H3/t13-,14+/m1/s1. The molecule has 1 fully saturated rings. The van der Waals surface area contributed by atoms with Gasteiger partial charge in [-0.15, -0.1) is 0 Å². The second-order valence-electron chi connectivity index (χ2n) is 6.29. The molecule has 1 N–H and O–H groups in total. The summed E-state index contributed by atoms with van der Waals surface area (Å²) >= 11 is 0. The van der Waals surface area contributed by atoms with Crippen LogP contribution in [-0.4, -0.2) is 40.4 Å². The SMILES string of the molecule is CC(C)(C)OC(=O)N1CC[C@H](O)[C@H]1Cc1ccccc1. The summed E-state index contributed by atoms with van der Waals surface area (Å²) < 4.78 is 5.41. The minimum absolute atomic E-state index is 0.202. The average Bonchev–Trinajstić information content (AvgIpc) is 2.70. The van der Waals surface area contributed by atoms with E-state index in [4.69, 9.17) is 4.74 Å². The summed E-state index contributed by atoms with van der Waals surface area (Å²) in [6.07, 6.45) is 0.440. The second kappa shape index (κ2) is 5.83. The van der Waals surface area contributed by atoms with Gasteiger partial charge in [0, 0.05) is 6.54 Å². The van der Waals surface area contributed by atoms with E-state index in [0.29, 0.717) is 19.4 Å². The fraction of sp³-hybridized carbons (Fsp3) is 0.562. The van der Waals surface area contributed by atoms with Gasteiger partial charge in [0.1, 0.15) is 5.60 Å². The van der Waals surface area contributed by atoms with Crippen LogP contribution in [0.15, 0.2) is 30.3 Å². The van der Waals surface area contributed by atoms with Gasteiger partial charge in [-0.1, -0.05) is 30.3 Å². The molecule has 1 amide bonds. The molecule has 1 aliphatic rings. The number of ether oxygens (including phenoxy) is 1. The number of carbonyl (C=O) groups excluding carboxylic acids is 1. The van der Waals surface area contributed by atoms with E-state index in [2.05, 4.69) is 0 Å². The average molecular weight is 277 g/mol. The highest BCUT2D eigenvalue weighted by Gasteiger charge is 2.37. The predicted octanol–water partition coefficient (Wildman–Crippen LogP) is 2.60. The molecule has 0 aliphatic carbocycles. The molecule has 0 unspecified atom stereocenters. The zero-order chi connectivity index (χ0) is 14.8. The van der Waals surface area contributed by atoms with Crippen LogP contribution in [0.1, 0.15) is 32.8 Å². The van der Waals surface area contributed by atoms with Crippen LogP contribution in [0.5, 0.6) is 0 Å². The third kappa shape index (κ3) is 3.73. The van der Waals surface area contributed by atoms with Gasteiger partial charge >= 0.3 is 6.09 Å². The molecule has 2 rings (SSSR count). The Morgan fingerprint density at radius 1 is 1.35 bits per heavy atom. The van der Waals surface area contributed by atoms with E-state index in [-0.39, 0.29) is 12.1 Å². The first kappa shape index (κ1) is 14.9. The fourth-order valence-corrected chi connectivity index (χ4v) is 2.49. The molecular formula is C16H23NO3. The molecule has 0 radical (unpaired) electrons. The molecule has 4 heteroatoms. The summed E-state index contributed by atoms with van der Waals surface area (Å²) in [4.78, 5) is 13.9. The molecule has 2 atom stereocenters. The Balaban J connectivity index is 2.07. The van der Waals surface area contributed by atoms with Crippen molar-refractivity contribution in [2.45, 2.75) is 51.4 Å². The number of hydrogen-bond acceptors (Lipinski definition) is 3. The largest absolute Gasteiger partial charge is 0.444 e. The predicted molar refractivity (Wildman–Crippen MR) is 77.5 cm³/mol. The Kier molecular flexibility index (Phi) is 4.33. The van der Waals surface area contributed by atoms with Crippen LogP contribution in [0.3, 0.4) is 0 Å². The number of amides is 1. The van der Waals surface area contributed by atoms with Crippen molar-refractivity contribution in [2.24, 2.45) is 0 Å². The molecule has 4 nitrogen and oxygen atoms in total. The lowest BCUT2D eigenvalue weighted by molar-refractivity contribution is 0.0156. The van der Waals surface area contributed by atoms with Crippen molar-refractivity contribution in [3.8, 4) is 0 Å². The second-order valence-corrected chi connectivity index (χ2v) is 6.29. The highest BCUT2D eigenvalue weighted by Crippen LogP contribution is 2.24. The zero-order valence-corrected chi connectivity index (χ0v) is 12.4. The van der Waals surface area contributed by atoms with Gasteiger partial charge < -0.3 is 14.7 Å². The van der Waals surface area contributed by atoms with Crippen LogP contribution in [0.4, 0.5) is 4.79 Å². The van der Waals surface area contributed by atoms with E-state index >= 15 is 0 Å². The molecule has 1 saturated heterocycles. The van der Waals surface area contributed by atoms with Gasteiger partial charge in [-0.25, -0.2) is 4.79 Å². The van der Waals surface area contributed by atoms with Gasteiger partial charge in [0.25, 0.3) is 0 Å². The number of nitrogens with zero attached hydrogens (tertiary/aromatic N) is 1. The van der Waals surface area contributed by atoms with Crippen LogP contribution in [0, 0.1) is 0 Å². The van der Waals surface area contributed by atoms with E-state index < -0.39 is 11.7 Å². The highest BCUT2D eigenvalue weighted by atomic mass is 16.6. The smallest absolute Gasteiger partial charge is 0.410 e. The number of aliphatic hydroxyl groups excluding tert-OH is 1. The molecule has 1 aromatic carbocycles. The third-order valence-electron chi connectivity index (χ3n) is 3.43. The fourth-order valence-electron chi connectivity index (χ4n) is 2.49. The summed E-state index contributed by atoms with van der Waals surface area (Å²) in [5.41, 5.74) is 0.606. The minimum atomic E-state index is -0.512. The lowest BCUT2D eigenvalue weighted by Gasteiger charge is -2.29. The van der Waals surface area contributed by atoms with E-state index in [1.54, 1.807) is 4.90 Å². The van der Waals surface area contributed by atoms with Gasteiger partial charge in [-0.05, 0) is 39.2 Å². The number of likely N-dealkylation sites (tertiary alicyclic amines) is 1. The lowest BCUT2D eigenvalue weighted by Crippen LogP contribution is -2.43. The Labute approximate surface area is 120 Å². The maximum Gasteiger partial charge on any atom is 0.410 e. The Hall–Kier alpha value is -1.55. The molecule has 20 heavy (non-hydrogen) atoms. The normalized spacial score (nSPS) is 22.9. The Bertz CT molecular complexity index is 453.